The Kier molecular flexibility index (Phi) is 5.83. The first kappa shape index (κ1) is 22.2. The molecule has 3 unspecified atom stereocenters. The third kappa shape index (κ3) is 3.34. The number of methoxy groups -OCH3 is 1. The second kappa shape index (κ2) is 7.86. The molecule has 4 saturated carbocycles. The maximum Gasteiger partial charge on any atom is 0.305 e. The molecule has 0 amide bonds. The highest BCUT2D eigenvalue weighted by Crippen LogP contribution is 2.67. The number of halogens is 1. The zero-order valence-electron chi connectivity index (χ0n) is 19.0. The lowest BCUT2D eigenvalue weighted by molar-refractivity contribution is -0.167. The van der Waals surface area contributed by atoms with Gasteiger partial charge in [-0.05, 0) is 85.4 Å². The molecule has 0 heterocycles. The van der Waals surface area contributed by atoms with Crippen molar-refractivity contribution in [2.75, 3.05) is 7.11 Å². The third-order valence-electron chi connectivity index (χ3n) is 10.2. The summed E-state index contributed by atoms with van der Waals surface area (Å²) in [6.45, 7) is 6.84. The first-order chi connectivity index (χ1) is 14.1. The predicted octanol–water partition coefficient (Wildman–Crippen LogP) is 4.72. The van der Waals surface area contributed by atoms with Crippen LogP contribution in [0.2, 0.25) is 0 Å². The molecular formula is C25H39FO4. The van der Waals surface area contributed by atoms with Crippen molar-refractivity contribution < 1.29 is 23.8 Å². The Bertz CT molecular complexity index is 695. The molecule has 0 aromatic heterocycles. The smallest absolute Gasteiger partial charge is 0.305 e. The summed E-state index contributed by atoms with van der Waals surface area (Å²) in [5.74, 6) is 1.96. The van der Waals surface area contributed by atoms with E-state index in [9.17, 15) is 19.1 Å². The lowest BCUT2D eigenvalue weighted by atomic mass is 9.44. The number of esters is 1. The van der Waals surface area contributed by atoms with Crippen LogP contribution >= 0.6 is 0 Å². The Morgan fingerprint density at radius 2 is 1.93 bits per heavy atom. The van der Waals surface area contributed by atoms with Crippen molar-refractivity contribution >= 4 is 11.8 Å². The number of aliphatic hydroxyl groups is 1. The molecule has 30 heavy (non-hydrogen) atoms. The normalized spacial score (nSPS) is 49.0. The SMILES string of the molecule is COC(=O)CC[C@@H](C)[C@H]1CCC2C3C(=O)C[C@@H]4C[C@@H](O)[C@H](F)C[C@]4(C)C3CC[C@@]21C. The van der Waals surface area contributed by atoms with Crippen LogP contribution in [0.25, 0.3) is 0 Å². The lowest BCUT2D eigenvalue weighted by Crippen LogP contribution is -2.59. The molecule has 4 aliphatic rings. The minimum Gasteiger partial charge on any atom is -0.469 e. The van der Waals surface area contributed by atoms with Crippen LogP contribution < -0.4 is 0 Å². The van der Waals surface area contributed by atoms with Gasteiger partial charge in [-0.2, -0.15) is 0 Å². The van der Waals surface area contributed by atoms with Gasteiger partial charge in [-0.3, -0.25) is 9.59 Å². The molecule has 4 rings (SSSR count). The van der Waals surface area contributed by atoms with E-state index in [2.05, 4.69) is 20.8 Å². The van der Waals surface area contributed by atoms with Gasteiger partial charge in [0, 0.05) is 18.8 Å². The van der Waals surface area contributed by atoms with Gasteiger partial charge < -0.3 is 9.84 Å². The average Bonchev–Trinajstić information content (AvgIpc) is 3.05. The fourth-order valence-electron chi connectivity index (χ4n) is 8.53. The van der Waals surface area contributed by atoms with Gasteiger partial charge in [-0.25, -0.2) is 4.39 Å². The van der Waals surface area contributed by atoms with Gasteiger partial charge in [0.1, 0.15) is 12.0 Å². The highest BCUT2D eigenvalue weighted by molar-refractivity contribution is 5.83. The van der Waals surface area contributed by atoms with E-state index in [1.165, 1.54) is 7.11 Å². The number of hydrogen-bond donors (Lipinski definition) is 1. The number of ketones is 1. The molecule has 4 fully saturated rings. The Morgan fingerprint density at radius 3 is 2.63 bits per heavy atom. The zero-order valence-corrected chi connectivity index (χ0v) is 19.0. The van der Waals surface area contributed by atoms with Gasteiger partial charge >= 0.3 is 5.97 Å². The van der Waals surface area contributed by atoms with E-state index in [4.69, 9.17) is 4.74 Å². The Labute approximate surface area is 180 Å². The van der Waals surface area contributed by atoms with Gasteiger partial charge in [0.05, 0.1) is 13.2 Å². The summed E-state index contributed by atoms with van der Waals surface area (Å²) in [6.07, 6.45) is 4.82. The first-order valence-corrected chi connectivity index (χ1v) is 12.0. The van der Waals surface area contributed by atoms with Crippen molar-refractivity contribution in [3.8, 4) is 0 Å². The van der Waals surface area contributed by atoms with Crippen molar-refractivity contribution in [1.82, 2.24) is 0 Å². The number of alkyl halides is 1. The molecule has 1 N–H and O–H groups in total. The van der Waals surface area contributed by atoms with Gasteiger partial charge in [0.25, 0.3) is 0 Å². The molecule has 0 aromatic carbocycles. The molecule has 0 aromatic rings. The number of ether oxygens (including phenoxy) is 1. The van der Waals surface area contributed by atoms with Crippen molar-refractivity contribution in [3.63, 3.8) is 0 Å². The van der Waals surface area contributed by atoms with E-state index in [-0.39, 0.29) is 34.6 Å². The van der Waals surface area contributed by atoms with Crippen molar-refractivity contribution in [2.24, 2.45) is 46.3 Å². The van der Waals surface area contributed by atoms with Gasteiger partial charge in [0.2, 0.25) is 0 Å². The standard InChI is InChI=1S/C25H39FO4/c1-14(5-8-22(29)30-4)16-6-7-17-23-18(9-10-24(16,17)2)25(3)13-19(26)20(27)11-15(25)12-21(23)28/h14-20,23,27H,5-13H2,1-4H3/t14-,15+,16-,17?,18?,19-,20-,23?,24-,25+/m1/s1. The fourth-order valence-corrected chi connectivity index (χ4v) is 8.53. The first-order valence-electron chi connectivity index (χ1n) is 12.0. The van der Waals surface area contributed by atoms with E-state index < -0.39 is 12.3 Å². The van der Waals surface area contributed by atoms with Crippen molar-refractivity contribution in [2.45, 2.75) is 90.8 Å². The number of rotatable bonds is 4. The third-order valence-corrected chi connectivity index (χ3v) is 10.2. The van der Waals surface area contributed by atoms with Gasteiger partial charge in [-0.1, -0.05) is 20.8 Å². The van der Waals surface area contributed by atoms with E-state index >= 15 is 0 Å². The Balaban J connectivity index is 1.55. The number of fused-ring (bicyclic) bond motifs is 5. The molecule has 0 saturated heterocycles. The minimum absolute atomic E-state index is 0.0465. The van der Waals surface area contributed by atoms with Crippen molar-refractivity contribution in [1.29, 1.82) is 0 Å². The van der Waals surface area contributed by atoms with Gasteiger partial charge in [0.15, 0.2) is 0 Å². The summed E-state index contributed by atoms with van der Waals surface area (Å²) in [7, 11) is 1.44. The molecule has 0 bridgehead atoms. The van der Waals surface area contributed by atoms with Crippen LogP contribution in [0.1, 0.15) is 78.6 Å². The van der Waals surface area contributed by atoms with Crippen LogP contribution in [0.3, 0.4) is 0 Å². The lowest BCUT2D eigenvalue weighted by Gasteiger charge is -2.60. The summed E-state index contributed by atoms with van der Waals surface area (Å²) in [4.78, 5) is 25.0. The van der Waals surface area contributed by atoms with Gasteiger partial charge in [-0.15, -0.1) is 0 Å². The average molecular weight is 423 g/mol. The molecule has 170 valence electrons. The molecular weight excluding hydrogens is 383 g/mol. The van der Waals surface area contributed by atoms with Crippen molar-refractivity contribution in [3.05, 3.63) is 0 Å². The van der Waals surface area contributed by atoms with E-state index in [1.807, 2.05) is 0 Å². The quantitative estimate of drug-likeness (QED) is 0.666. The maximum absolute atomic E-state index is 14.6. The molecule has 5 heteroatoms. The van der Waals surface area contributed by atoms with E-state index in [0.29, 0.717) is 49.2 Å². The Morgan fingerprint density at radius 1 is 1.23 bits per heavy atom. The second-order valence-electron chi connectivity index (χ2n) is 11.5. The topological polar surface area (TPSA) is 63.6 Å². The minimum atomic E-state index is -1.16. The molecule has 0 radical (unpaired) electrons. The molecule has 10 atom stereocenters. The number of carbonyl (C=O) groups excluding carboxylic acids is 2. The van der Waals surface area contributed by atoms with Crippen LogP contribution in [0.5, 0.6) is 0 Å². The number of hydrogen-bond acceptors (Lipinski definition) is 4. The fraction of sp³-hybridized carbons (Fsp3) is 0.920. The monoisotopic (exact) mass is 422 g/mol. The number of carbonyl (C=O) groups is 2. The molecule has 0 spiro atoms. The summed E-state index contributed by atoms with van der Waals surface area (Å²) in [6, 6.07) is 0. The number of aliphatic hydroxyl groups excluding tert-OH is 1. The summed E-state index contributed by atoms with van der Waals surface area (Å²) in [5.41, 5.74) is -0.0496. The van der Waals surface area contributed by atoms with Crippen LogP contribution in [-0.2, 0) is 14.3 Å². The van der Waals surface area contributed by atoms with Crippen LogP contribution in [0.4, 0.5) is 4.39 Å². The van der Waals surface area contributed by atoms with Crippen LogP contribution in [0.15, 0.2) is 0 Å². The maximum atomic E-state index is 14.6. The zero-order chi connectivity index (χ0) is 21.8. The highest BCUT2D eigenvalue weighted by atomic mass is 19.1. The largest absolute Gasteiger partial charge is 0.469 e. The summed E-state index contributed by atoms with van der Waals surface area (Å²) >= 11 is 0. The highest BCUT2D eigenvalue weighted by Gasteiger charge is 2.63. The number of Topliss-reactive ketones (excluding diaryl/α,β-unsaturated/α-hetero) is 1. The summed E-state index contributed by atoms with van der Waals surface area (Å²) in [5, 5.41) is 10.1. The summed E-state index contributed by atoms with van der Waals surface area (Å²) < 4.78 is 19.4. The predicted molar refractivity (Wildman–Crippen MR) is 112 cm³/mol. The van der Waals surface area contributed by atoms with E-state index in [0.717, 1.165) is 32.1 Å². The molecule has 0 aliphatic heterocycles. The molecule has 4 nitrogen and oxygen atoms in total. The second-order valence-corrected chi connectivity index (χ2v) is 11.5. The van der Waals surface area contributed by atoms with Crippen LogP contribution in [0, 0.1) is 46.3 Å². The van der Waals surface area contributed by atoms with E-state index in [1.54, 1.807) is 0 Å². The Hall–Kier alpha value is -0.970. The molecule has 4 aliphatic carbocycles. The van der Waals surface area contributed by atoms with Crippen LogP contribution in [-0.4, -0.2) is 36.2 Å².